The number of hydrogen-bond donors (Lipinski definition) is 0. The van der Waals surface area contributed by atoms with E-state index in [1.54, 1.807) is 0 Å². The lowest BCUT2D eigenvalue weighted by Gasteiger charge is -2.20. The molecule has 1 atom stereocenters. The van der Waals surface area contributed by atoms with Crippen molar-refractivity contribution in [3.8, 4) is 11.5 Å². The molecule has 0 N–H and O–H groups in total. The van der Waals surface area contributed by atoms with E-state index in [2.05, 4.69) is 19.7 Å². The maximum Gasteiger partial charge on any atom is 0.231 e. The molecule has 0 spiro atoms. The topological polar surface area (TPSA) is 61.6 Å². The highest BCUT2D eigenvalue weighted by molar-refractivity contribution is 6.31. The number of hydrogen-bond acceptors (Lipinski definition) is 6. The summed E-state index contributed by atoms with van der Waals surface area (Å²) in [6.45, 7) is 4.59. The van der Waals surface area contributed by atoms with Crippen molar-refractivity contribution < 1.29 is 14.2 Å². The zero-order valence-corrected chi connectivity index (χ0v) is 15.2. The third-order valence-electron chi connectivity index (χ3n) is 5.30. The van der Waals surface area contributed by atoms with Gasteiger partial charge in [-0.1, -0.05) is 11.6 Å². The van der Waals surface area contributed by atoms with Gasteiger partial charge < -0.3 is 18.8 Å². The molecular weight excluding hydrogens is 356 g/mol. The predicted molar refractivity (Wildman–Crippen MR) is 94.5 cm³/mol. The fourth-order valence-electron chi connectivity index (χ4n) is 3.89. The van der Waals surface area contributed by atoms with Gasteiger partial charge in [0.05, 0.1) is 0 Å². The number of ether oxygens (including phenoxy) is 3. The van der Waals surface area contributed by atoms with Crippen molar-refractivity contribution in [3.05, 3.63) is 34.4 Å². The first-order valence-corrected chi connectivity index (χ1v) is 9.49. The molecule has 0 amide bonds. The molecule has 8 heteroatoms. The van der Waals surface area contributed by atoms with Crippen LogP contribution in [0.5, 0.6) is 11.5 Å². The molecule has 1 unspecified atom stereocenters. The molecule has 5 rings (SSSR count). The minimum Gasteiger partial charge on any atom is -0.454 e. The second kappa shape index (κ2) is 6.72. The molecule has 0 aliphatic carbocycles. The van der Waals surface area contributed by atoms with Crippen molar-refractivity contribution in [1.29, 1.82) is 0 Å². The lowest BCUT2D eigenvalue weighted by molar-refractivity contribution is 0.101. The summed E-state index contributed by atoms with van der Waals surface area (Å²) < 4.78 is 18.9. The van der Waals surface area contributed by atoms with E-state index in [-0.39, 0.29) is 12.9 Å². The predicted octanol–water partition coefficient (Wildman–Crippen LogP) is 2.57. The second-order valence-electron chi connectivity index (χ2n) is 6.95. The van der Waals surface area contributed by atoms with Crippen LogP contribution >= 0.6 is 11.6 Å². The van der Waals surface area contributed by atoms with Gasteiger partial charge in [-0.25, -0.2) is 0 Å². The van der Waals surface area contributed by atoms with Gasteiger partial charge in [0.15, 0.2) is 17.3 Å². The Bertz CT molecular complexity index is 819. The van der Waals surface area contributed by atoms with Crippen LogP contribution in [0.4, 0.5) is 0 Å². The normalized spacial score (nSPS) is 22.4. The highest BCUT2D eigenvalue weighted by Crippen LogP contribution is 2.37. The first-order valence-electron chi connectivity index (χ1n) is 9.12. The average Bonchev–Trinajstić information content (AvgIpc) is 3.36. The Balaban J connectivity index is 1.31. The van der Waals surface area contributed by atoms with Crippen molar-refractivity contribution in [2.45, 2.75) is 38.5 Å². The van der Waals surface area contributed by atoms with E-state index in [0.717, 1.165) is 85.8 Å². The highest BCUT2D eigenvalue weighted by atomic mass is 35.5. The number of halogens is 1. The van der Waals surface area contributed by atoms with Gasteiger partial charge in [0, 0.05) is 50.3 Å². The number of fused-ring (bicyclic) bond motifs is 2. The van der Waals surface area contributed by atoms with E-state index in [4.69, 9.17) is 25.8 Å². The highest BCUT2D eigenvalue weighted by Gasteiger charge is 2.27. The minimum absolute atomic E-state index is 0.103. The molecule has 2 aromatic rings. The van der Waals surface area contributed by atoms with Gasteiger partial charge in [-0.05, 0) is 24.5 Å². The summed E-state index contributed by atoms with van der Waals surface area (Å²) in [4.78, 5) is 2.40. The Hall–Kier alpha value is -1.83. The summed E-state index contributed by atoms with van der Waals surface area (Å²) >= 11 is 6.44. The zero-order chi connectivity index (χ0) is 17.5. The van der Waals surface area contributed by atoms with Gasteiger partial charge in [0.1, 0.15) is 11.9 Å². The van der Waals surface area contributed by atoms with Crippen molar-refractivity contribution in [1.82, 2.24) is 19.7 Å². The van der Waals surface area contributed by atoms with Crippen molar-refractivity contribution >= 4 is 11.6 Å². The Kier molecular flexibility index (Phi) is 4.23. The molecule has 0 saturated carbocycles. The quantitative estimate of drug-likeness (QED) is 0.820. The maximum absolute atomic E-state index is 6.44. The van der Waals surface area contributed by atoms with E-state index >= 15 is 0 Å². The Labute approximate surface area is 156 Å². The van der Waals surface area contributed by atoms with Crippen LogP contribution in [0.25, 0.3) is 0 Å². The number of aromatic nitrogens is 3. The zero-order valence-electron chi connectivity index (χ0n) is 14.5. The van der Waals surface area contributed by atoms with Gasteiger partial charge in [-0.3, -0.25) is 4.90 Å². The van der Waals surface area contributed by atoms with Crippen LogP contribution in [0.1, 0.15) is 36.2 Å². The molecule has 3 aliphatic rings. The molecule has 1 saturated heterocycles. The van der Waals surface area contributed by atoms with Crippen LogP contribution in [-0.4, -0.2) is 46.2 Å². The van der Waals surface area contributed by atoms with Crippen LogP contribution in [0.3, 0.4) is 0 Å². The second-order valence-corrected chi connectivity index (χ2v) is 7.36. The lowest BCUT2D eigenvalue weighted by atomic mass is 10.2. The lowest BCUT2D eigenvalue weighted by Crippen LogP contribution is -2.27. The Morgan fingerprint density at radius 1 is 1.12 bits per heavy atom. The molecule has 1 aromatic carbocycles. The van der Waals surface area contributed by atoms with Crippen molar-refractivity contribution in [3.63, 3.8) is 0 Å². The molecular formula is C18H21ClN4O3. The van der Waals surface area contributed by atoms with Gasteiger partial charge in [-0.2, -0.15) is 0 Å². The van der Waals surface area contributed by atoms with E-state index in [1.807, 2.05) is 12.1 Å². The van der Waals surface area contributed by atoms with Gasteiger partial charge >= 0.3 is 0 Å². The van der Waals surface area contributed by atoms with Gasteiger partial charge in [0.2, 0.25) is 6.79 Å². The van der Waals surface area contributed by atoms with Crippen LogP contribution in [0.2, 0.25) is 5.02 Å². The molecule has 4 heterocycles. The fourth-order valence-corrected chi connectivity index (χ4v) is 4.10. The summed E-state index contributed by atoms with van der Waals surface area (Å²) in [6.07, 6.45) is 3.11. The van der Waals surface area contributed by atoms with Crippen LogP contribution in [0, 0.1) is 0 Å². The SMILES string of the molecule is Clc1cc2c(cc1CN1CCc3nnc(C4CCCO4)n3CC1)OCO2. The monoisotopic (exact) mass is 376 g/mol. The molecule has 1 aromatic heterocycles. The molecule has 26 heavy (non-hydrogen) atoms. The molecule has 3 aliphatic heterocycles. The third-order valence-corrected chi connectivity index (χ3v) is 5.65. The third kappa shape index (κ3) is 2.94. The molecule has 1 fully saturated rings. The fraction of sp³-hybridized carbons (Fsp3) is 0.556. The van der Waals surface area contributed by atoms with E-state index < -0.39 is 0 Å². The number of benzene rings is 1. The van der Waals surface area contributed by atoms with E-state index in [1.165, 1.54) is 0 Å². The summed E-state index contributed by atoms with van der Waals surface area (Å²) in [7, 11) is 0. The molecule has 0 bridgehead atoms. The maximum atomic E-state index is 6.44. The summed E-state index contributed by atoms with van der Waals surface area (Å²) in [5.74, 6) is 3.54. The number of nitrogens with zero attached hydrogens (tertiary/aromatic N) is 4. The van der Waals surface area contributed by atoms with Gasteiger partial charge in [0.25, 0.3) is 0 Å². The average molecular weight is 377 g/mol. The molecule has 0 radical (unpaired) electrons. The number of rotatable bonds is 3. The van der Waals surface area contributed by atoms with Crippen LogP contribution in [0.15, 0.2) is 12.1 Å². The molecule has 7 nitrogen and oxygen atoms in total. The smallest absolute Gasteiger partial charge is 0.231 e. The van der Waals surface area contributed by atoms with Crippen molar-refractivity contribution in [2.75, 3.05) is 26.5 Å². The van der Waals surface area contributed by atoms with Crippen molar-refractivity contribution in [2.24, 2.45) is 0 Å². The first kappa shape index (κ1) is 16.4. The first-order chi connectivity index (χ1) is 12.8. The Morgan fingerprint density at radius 3 is 2.85 bits per heavy atom. The summed E-state index contributed by atoms with van der Waals surface area (Å²) in [6, 6.07) is 3.84. The summed E-state index contributed by atoms with van der Waals surface area (Å²) in [5, 5.41) is 9.53. The largest absolute Gasteiger partial charge is 0.454 e. The standard InChI is InChI=1S/C18H21ClN4O3/c19-13-9-16-15(25-11-26-16)8-12(13)10-22-4-3-17-20-21-18(23(17)6-5-22)14-2-1-7-24-14/h8-9,14H,1-7,10-11H2. The van der Waals surface area contributed by atoms with E-state index in [0.29, 0.717) is 0 Å². The summed E-state index contributed by atoms with van der Waals surface area (Å²) in [5.41, 5.74) is 1.06. The van der Waals surface area contributed by atoms with E-state index in [9.17, 15) is 0 Å². The molecule has 138 valence electrons. The van der Waals surface area contributed by atoms with Crippen LogP contribution < -0.4 is 9.47 Å². The Morgan fingerprint density at radius 2 is 2.00 bits per heavy atom. The minimum atomic E-state index is 0.103. The van der Waals surface area contributed by atoms with Gasteiger partial charge in [-0.15, -0.1) is 10.2 Å². The van der Waals surface area contributed by atoms with Crippen LogP contribution in [-0.2, 0) is 24.2 Å².